The van der Waals surface area contributed by atoms with Crippen LogP contribution in [0, 0.1) is 6.92 Å². The van der Waals surface area contributed by atoms with Crippen LogP contribution in [0.4, 0.5) is 0 Å². The summed E-state index contributed by atoms with van der Waals surface area (Å²) in [6.07, 6.45) is 5.07. The Kier molecular flexibility index (Phi) is 5.11. The Bertz CT molecular complexity index is 897. The van der Waals surface area contributed by atoms with Gasteiger partial charge in [-0.25, -0.2) is 5.43 Å². The maximum Gasteiger partial charge on any atom is 0.329 e. The van der Waals surface area contributed by atoms with Gasteiger partial charge in [0, 0.05) is 11.8 Å². The van der Waals surface area contributed by atoms with Crippen molar-refractivity contribution in [2.75, 3.05) is 0 Å². The summed E-state index contributed by atoms with van der Waals surface area (Å²) in [7, 11) is 0. The third-order valence-corrected chi connectivity index (χ3v) is 3.34. The molecule has 6 nitrogen and oxygen atoms in total. The summed E-state index contributed by atoms with van der Waals surface area (Å²) in [6, 6.07) is 17.4. The fourth-order valence-electron chi connectivity index (χ4n) is 2.04. The molecule has 0 aliphatic rings. The van der Waals surface area contributed by atoms with E-state index in [1.54, 1.807) is 6.08 Å². The molecule has 3 aromatic rings. The molecule has 0 spiro atoms. The molecule has 6 heteroatoms. The van der Waals surface area contributed by atoms with Gasteiger partial charge in [-0.15, -0.1) is 0 Å². The van der Waals surface area contributed by atoms with Crippen LogP contribution in [-0.4, -0.2) is 22.3 Å². The molecule has 1 amide bonds. The van der Waals surface area contributed by atoms with E-state index >= 15 is 0 Å². The van der Waals surface area contributed by atoms with Crippen molar-refractivity contribution < 1.29 is 9.32 Å². The summed E-state index contributed by atoms with van der Waals surface area (Å²) < 4.78 is 4.97. The molecule has 0 radical (unpaired) electrons. The van der Waals surface area contributed by atoms with E-state index in [0.717, 1.165) is 16.7 Å². The molecule has 1 N–H and O–H groups in total. The highest BCUT2D eigenvalue weighted by atomic mass is 16.5. The van der Waals surface area contributed by atoms with Crippen LogP contribution in [0.25, 0.3) is 17.5 Å². The van der Waals surface area contributed by atoms with Crippen molar-refractivity contribution in [2.24, 2.45) is 5.10 Å². The number of hydrazone groups is 1. The van der Waals surface area contributed by atoms with Gasteiger partial charge in [-0.05, 0) is 18.6 Å². The van der Waals surface area contributed by atoms with E-state index in [4.69, 9.17) is 4.52 Å². The Morgan fingerprint density at radius 3 is 2.64 bits per heavy atom. The van der Waals surface area contributed by atoms with Crippen molar-refractivity contribution in [3.8, 4) is 11.4 Å². The first-order valence-corrected chi connectivity index (χ1v) is 7.68. The minimum atomic E-state index is -0.560. The number of allylic oxidation sites excluding steroid dienone is 1. The molecule has 3 rings (SSSR count). The first-order valence-electron chi connectivity index (χ1n) is 7.68. The van der Waals surface area contributed by atoms with Crippen molar-refractivity contribution in [3.63, 3.8) is 0 Å². The standard InChI is InChI=1S/C19H16N4O2/c1-14-9-11-16(12-10-14)17-21-19(25-23-17)18(24)22-20-13-5-8-15-6-3-2-4-7-15/h2-13H,1H3,(H,22,24)/b8-5+,20-13+. The Balaban J connectivity index is 1.57. The Hall–Kier alpha value is -3.54. The van der Waals surface area contributed by atoms with Gasteiger partial charge in [0.2, 0.25) is 5.82 Å². The van der Waals surface area contributed by atoms with Gasteiger partial charge in [0.15, 0.2) is 0 Å². The Morgan fingerprint density at radius 2 is 1.88 bits per heavy atom. The fourth-order valence-corrected chi connectivity index (χ4v) is 2.04. The molecular formula is C19H16N4O2. The molecule has 0 aliphatic heterocycles. The number of aromatic nitrogens is 2. The van der Waals surface area contributed by atoms with E-state index in [1.165, 1.54) is 6.21 Å². The van der Waals surface area contributed by atoms with E-state index in [1.807, 2.05) is 67.6 Å². The van der Waals surface area contributed by atoms with Gasteiger partial charge in [-0.3, -0.25) is 4.79 Å². The topological polar surface area (TPSA) is 80.4 Å². The van der Waals surface area contributed by atoms with Crippen LogP contribution in [0.15, 0.2) is 70.3 Å². The predicted molar refractivity (Wildman–Crippen MR) is 95.9 cm³/mol. The first-order chi connectivity index (χ1) is 12.2. The molecule has 0 saturated heterocycles. The van der Waals surface area contributed by atoms with Crippen molar-refractivity contribution in [1.29, 1.82) is 0 Å². The second-order valence-corrected chi connectivity index (χ2v) is 5.28. The average molecular weight is 332 g/mol. The molecule has 0 unspecified atom stereocenters. The number of aryl methyl sites for hydroxylation is 1. The molecule has 0 aliphatic carbocycles. The largest absolute Gasteiger partial charge is 0.329 e. The third kappa shape index (κ3) is 4.48. The minimum Gasteiger partial charge on any atom is -0.328 e. The molecule has 1 heterocycles. The van der Waals surface area contributed by atoms with Crippen molar-refractivity contribution >= 4 is 18.2 Å². The van der Waals surface area contributed by atoms with Crippen LogP contribution in [0.1, 0.15) is 21.8 Å². The lowest BCUT2D eigenvalue weighted by atomic mass is 10.1. The fraction of sp³-hybridized carbons (Fsp3) is 0.0526. The lowest BCUT2D eigenvalue weighted by molar-refractivity contribution is 0.0911. The quantitative estimate of drug-likeness (QED) is 0.573. The van der Waals surface area contributed by atoms with E-state index in [9.17, 15) is 4.79 Å². The Labute approximate surface area is 144 Å². The summed E-state index contributed by atoms with van der Waals surface area (Å²) >= 11 is 0. The van der Waals surface area contributed by atoms with E-state index in [0.29, 0.717) is 5.82 Å². The number of benzene rings is 2. The predicted octanol–water partition coefficient (Wildman–Crippen LogP) is 3.47. The highest BCUT2D eigenvalue weighted by Gasteiger charge is 2.15. The summed E-state index contributed by atoms with van der Waals surface area (Å²) in [5, 5.41) is 7.63. The molecule has 124 valence electrons. The third-order valence-electron chi connectivity index (χ3n) is 3.34. The summed E-state index contributed by atoms with van der Waals surface area (Å²) in [5.74, 6) is -0.340. The van der Waals surface area contributed by atoms with Crippen LogP contribution in [0.3, 0.4) is 0 Å². The smallest absolute Gasteiger partial charge is 0.328 e. The van der Waals surface area contributed by atoms with E-state index in [2.05, 4.69) is 20.7 Å². The number of amides is 1. The molecule has 0 atom stereocenters. The molecule has 0 saturated carbocycles. The van der Waals surface area contributed by atoms with Crippen molar-refractivity contribution in [1.82, 2.24) is 15.6 Å². The number of carbonyl (C=O) groups is 1. The van der Waals surface area contributed by atoms with Gasteiger partial charge < -0.3 is 4.52 Å². The number of carbonyl (C=O) groups excluding carboxylic acids is 1. The van der Waals surface area contributed by atoms with Gasteiger partial charge in [-0.1, -0.05) is 71.4 Å². The highest BCUT2D eigenvalue weighted by molar-refractivity contribution is 5.90. The lowest BCUT2D eigenvalue weighted by Gasteiger charge is -1.94. The molecule has 1 aromatic heterocycles. The van der Waals surface area contributed by atoms with Crippen LogP contribution in [0.5, 0.6) is 0 Å². The Morgan fingerprint density at radius 1 is 1.12 bits per heavy atom. The first kappa shape index (κ1) is 16.3. The molecule has 0 bridgehead atoms. The normalized spacial score (nSPS) is 11.2. The average Bonchev–Trinajstić information content (AvgIpc) is 3.13. The second kappa shape index (κ2) is 7.83. The summed E-state index contributed by atoms with van der Waals surface area (Å²) in [4.78, 5) is 16.0. The molecule has 25 heavy (non-hydrogen) atoms. The van der Waals surface area contributed by atoms with Crippen LogP contribution in [-0.2, 0) is 0 Å². The molecule has 2 aromatic carbocycles. The van der Waals surface area contributed by atoms with Crippen LogP contribution >= 0.6 is 0 Å². The molecule has 0 fully saturated rings. The van der Waals surface area contributed by atoms with Crippen molar-refractivity contribution in [3.05, 3.63) is 77.7 Å². The van der Waals surface area contributed by atoms with Crippen molar-refractivity contribution in [2.45, 2.75) is 6.92 Å². The van der Waals surface area contributed by atoms with Crippen LogP contribution in [0.2, 0.25) is 0 Å². The zero-order chi connectivity index (χ0) is 17.5. The minimum absolute atomic E-state index is 0.139. The van der Waals surface area contributed by atoms with Crippen LogP contribution < -0.4 is 5.43 Å². The second-order valence-electron chi connectivity index (χ2n) is 5.28. The van der Waals surface area contributed by atoms with Gasteiger partial charge in [-0.2, -0.15) is 10.1 Å². The number of nitrogens with zero attached hydrogens (tertiary/aromatic N) is 3. The van der Waals surface area contributed by atoms with Gasteiger partial charge in [0.1, 0.15) is 0 Å². The lowest BCUT2D eigenvalue weighted by Crippen LogP contribution is -2.17. The summed E-state index contributed by atoms with van der Waals surface area (Å²) in [5.41, 5.74) is 5.29. The number of hydrogen-bond donors (Lipinski definition) is 1. The number of hydrogen-bond acceptors (Lipinski definition) is 5. The van der Waals surface area contributed by atoms with E-state index in [-0.39, 0.29) is 5.89 Å². The summed E-state index contributed by atoms with van der Waals surface area (Å²) in [6.45, 7) is 1.99. The molecular weight excluding hydrogens is 316 g/mol. The monoisotopic (exact) mass is 332 g/mol. The maximum absolute atomic E-state index is 11.9. The zero-order valence-electron chi connectivity index (χ0n) is 13.6. The number of nitrogens with one attached hydrogen (secondary N) is 1. The van der Waals surface area contributed by atoms with E-state index < -0.39 is 5.91 Å². The maximum atomic E-state index is 11.9. The van der Waals surface area contributed by atoms with Gasteiger partial charge in [0.25, 0.3) is 0 Å². The number of rotatable bonds is 5. The SMILES string of the molecule is Cc1ccc(-c2noc(C(=O)N/N=C/C=C/c3ccccc3)n2)cc1. The highest BCUT2D eigenvalue weighted by Crippen LogP contribution is 2.16. The van der Waals surface area contributed by atoms with Gasteiger partial charge >= 0.3 is 11.8 Å². The zero-order valence-corrected chi connectivity index (χ0v) is 13.6. The van der Waals surface area contributed by atoms with Gasteiger partial charge in [0.05, 0.1) is 0 Å².